The van der Waals surface area contributed by atoms with Crippen LogP contribution in [0.15, 0.2) is 28.9 Å². The van der Waals surface area contributed by atoms with E-state index < -0.39 is 0 Å². The Hall–Kier alpha value is -0.800. The van der Waals surface area contributed by atoms with Crippen LogP contribution >= 0.6 is 15.9 Å². The molecule has 1 aromatic carbocycles. The van der Waals surface area contributed by atoms with E-state index in [0.717, 1.165) is 11.0 Å². The summed E-state index contributed by atoms with van der Waals surface area (Å²) in [4.78, 5) is 3.27. The minimum absolute atomic E-state index is 0.211. The van der Waals surface area contributed by atoms with Crippen LogP contribution in [0.1, 0.15) is 37.7 Å². The average molecular weight is 307 g/mol. The van der Waals surface area contributed by atoms with Crippen molar-refractivity contribution >= 4 is 26.8 Å². The van der Waals surface area contributed by atoms with Gasteiger partial charge < -0.3 is 10.7 Å². The first-order chi connectivity index (χ1) is 8.75. The van der Waals surface area contributed by atoms with Crippen LogP contribution in [-0.2, 0) is 5.41 Å². The zero-order valence-corrected chi connectivity index (χ0v) is 12.1. The number of nitrogens with one attached hydrogen (secondary N) is 1. The van der Waals surface area contributed by atoms with Gasteiger partial charge in [0.1, 0.15) is 0 Å². The third-order valence-electron chi connectivity index (χ3n) is 4.45. The molecule has 0 aliphatic heterocycles. The maximum Gasteiger partial charge on any atom is 0.0465 e. The van der Waals surface area contributed by atoms with Crippen molar-refractivity contribution in [2.24, 2.45) is 5.73 Å². The number of benzene rings is 1. The van der Waals surface area contributed by atoms with Gasteiger partial charge in [0.25, 0.3) is 0 Å². The Balaban J connectivity index is 2.08. The summed E-state index contributed by atoms with van der Waals surface area (Å²) in [6.07, 6.45) is 8.45. The molecule has 3 rings (SSSR count). The maximum absolute atomic E-state index is 6.11. The smallest absolute Gasteiger partial charge is 0.0465 e. The van der Waals surface area contributed by atoms with Crippen LogP contribution in [0.2, 0.25) is 0 Å². The van der Waals surface area contributed by atoms with Crippen molar-refractivity contribution in [3.8, 4) is 0 Å². The summed E-state index contributed by atoms with van der Waals surface area (Å²) in [5.41, 5.74) is 8.92. The fourth-order valence-electron chi connectivity index (χ4n) is 3.26. The van der Waals surface area contributed by atoms with Crippen LogP contribution in [0.5, 0.6) is 0 Å². The number of hydrogen-bond donors (Lipinski definition) is 2. The van der Waals surface area contributed by atoms with Crippen LogP contribution in [0, 0.1) is 0 Å². The van der Waals surface area contributed by atoms with Crippen LogP contribution in [-0.4, -0.2) is 11.5 Å². The topological polar surface area (TPSA) is 41.8 Å². The number of aromatic nitrogens is 1. The number of aromatic amines is 1. The van der Waals surface area contributed by atoms with Gasteiger partial charge in [-0.2, -0.15) is 0 Å². The van der Waals surface area contributed by atoms with Crippen molar-refractivity contribution < 1.29 is 0 Å². The Labute approximate surface area is 116 Å². The quantitative estimate of drug-likeness (QED) is 0.862. The highest BCUT2D eigenvalue weighted by molar-refractivity contribution is 9.10. The fraction of sp³-hybridized carbons (Fsp3) is 0.467. The van der Waals surface area contributed by atoms with Gasteiger partial charge in [-0.15, -0.1) is 0 Å². The summed E-state index contributed by atoms with van der Waals surface area (Å²) in [6, 6.07) is 6.75. The SMILES string of the molecule is NCC1(c2ccc3[nH]cc(Br)c3c2)CCCCC1. The van der Waals surface area contributed by atoms with Crippen LogP contribution in [0.25, 0.3) is 10.9 Å². The lowest BCUT2D eigenvalue weighted by Gasteiger charge is -2.37. The molecule has 0 spiro atoms. The summed E-state index contributed by atoms with van der Waals surface area (Å²) in [6.45, 7) is 0.764. The molecule has 0 unspecified atom stereocenters. The normalized spacial score (nSPS) is 19.2. The molecule has 3 N–H and O–H groups in total. The molecule has 1 aromatic heterocycles. The number of fused-ring (bicyclic) bond motifs is 1. The van der Waals surface area contributed by atoms with Crippen molar-refractivity contribution in [1.82, 2.24) is 4.98 Å². The van der Waals surface area contributed by atoms with Crippen molar-refractivity contribution in [1.29, 1.82) is 0 Å². The summed E-state index contributed by atoms with van der Waals surface area (Å²) >= 11 is 3.60. The van der Waals surface area contributed by atoms with Crippen molar-refractivity contribution in [2.45, 2.75) is 37.5 Å². The first-order valence-corrected chi connectivity index (χ1v) is 7.52. The molecule has 1 aliphatic rings. The van der Waals surface area contributed by atoms with Crippen molar-refractivity contribution in [2.75, 3.05) is 6.54 Å². The highest BCUT2D eigenvalue weighted by Crippen LogP contribution is 2.40. The van der Waals surface area contributed by atoms with Crippen LogP contribution < -0.4 is 5.73 Å². The van der Waals surface area contributed by atoms with E-state index in [-0.39, 0.29) is 5.41 Å². The third kappa shape index (κ3) is 1.90. The third-order valence-corrected chi connectivity index (χ3v) is 5.10. The van der Waals surface area contributed by atoms with Gasteiger partial charge in [0.05, 0.1) is 0 Å². The minimum atomic E-state index is 0.211. The van der Waals surface area contributed by atoms with E-state index in [9.17, 15) is 0 Å². The zero-order chi connectivity index (χ0) is 12.6. The second kappa shape index (κ2) is 4.71. The van der Waals surface area contributed by atoms with E-state index in [4.69, 9.17) is 5.73 Å². The summed E-state index contributed by atoms with van der Waals surface area (Å²) in [5.74, 6) is 0. The second-order valence-corrected chi connectivity index (χ2v) is 6.30. The largest absolute Gasteiger partial charge is 0.360 e. The molecule has 1 saturated carbocycles. The molecule has 0 radical (unpaired) electrons. The van der Waals surface area contributed by atoms with Gasteiger partial charge in [0.15, 0.2) is 0 Å². The van der Waals surface area contributed by atoms with E-state index in [1.54, 1.807) is 0 Å². The maximum atomic E-state index is 6.11. The molecule has 18 heavy (non-hydrogen) atoms. The molecule has 0 amide bonds. The molecular formula is C15H19BrN2. The molecular weight excluding hydrogens is 288 g/mol. The van der Waals surface area contributed by atoms with Crippen molar-refractivity contribution in [3.05, 3.63) is 34.4 Å². The van der Waals surface area contributed by atoms with E-state index in [0.29, 0.717) is 0 Å². The average Bonchev–Trinajstić information content (AvgIpc) is 2.81. The first kappa shape index (κ1) is 12.2. The number of nitrogens with two attached hydrogens (primary N) is 1. The van der Waals surface area contributed by atoms with Gasteiger partial charge in [-0.25, -0.2) is 0 Å². The highest BCUT2D eigenvalue weighted by atomic mass is 79.9. The Morgan fingerprint density at radius 2 is 2.00 bits per heavy atom. The molecule has 0 saturated heterocycles. The molecule has 1 fully saturated rings. The van der Waals surface area contributed by atoms with Gasteiger partial charge in [0.2, 0.25) is 0 Å². The van der Waals surface area contributed by atoms with E-state index in [1.165, 1.54) is 48.6 Å². The van der Waals surface area contributed by atoms with Gasteiger partial charge in [-0.3, -0.25) is 0 Å². The lowest BCUT2D eigenvalue weighted by Crippen LogP contribution is -2.37. The highest BCUT2D eigenvalue weighted by Gasteiger charge is 2.32. The zero-order valence-electron chi connectivity index (χ0n) is 10.5. The van der Waals surface area contributed by atoms with E-state index in [2.05, 4.69) is 39.1 Å². The van der Waals surface area contributed by atoms with E-state index >= 15 is 0 Å². The summed E-state index contributed by atoms with van der Waals surface area (Å²) in [5, 5.41) is 1.27. The number of halogens is 1. The standard InChI is InChI=1S/C15H19BrN2/c16-13-9-18-14-5-4-11(8-12(13)14)15(10-17)6-2-1-3-7-15/h4-5,8-9,18H,1-3,6-7,10,17H2. The molecule has 1 heterocycles. The monoisotopic (exact) mass is 306 g/mol. The van der Waals surface area contributed by atoms with Crippen LogP contribution in [0.3, 0.4) is 0 Å². The van der Waals surface area contributed by atoms with E-state index in [1.807, 2.05) is 6.20 Å². The predicted octanol–water partition coefficient (Wildman–Crippen LogP) is 4.09. The lowest BCUT2D eigenvalue weighted by molar-refractivity contribution is 0.301. The number of hydrogen-bond acceptors (Lipinski definition) is 1. The molecule has 2 nitrogen and oxygen atoms in total. The molecule has 2 aromatic rings. The molecule has 0 atom stereocenters. The van der Waals surface area contributed by atoms with Gasteiger partial charge in [-0.1, -0.05) is 25.3 Å². The second-order valence-electron chi connectivity index (χ2n) is 5.44. The molecule has 0 bridgehead atoms. The molecule has 1 aliphatic carbocycles. The lowest BCUT2D eigenvalue weighted by atomic mass is 9.69. The fourth-order valence-corrected chi connectivity index (χ4v) is 3.70. The first-order valence-electron chi connectivity index (χ1n) is 6.72. The summed E-state index contributed by atoms with van der Waals surface area (Å²) in [7, 11) is 0. The van der Waals surface area contributed by atoms with Gasteiger partial charge in [-0.05, 0) is 46.5 Å². The minimum Gasteiger partial charge on any atom is -0.360 e. The molecule has 96 valence electrons. The van der Waals surface area contributed by atoms with Gasteiger partial charge >= 0.3 is 0 Å². The van der Waals surface area contributed by atoms with Gasteiger partial charge in [0, 0.05) is 33.5 Å². The molecule has 3 heteroatoms. The number of rotatable bonds is 2. The Morgan fingerprint density at radius 1 is 1.22 bits per heavy atom. The Morgan fingerprint density at radius 3 is 2.72 bits per heavy atom. The Bertz CT molecular complexity index is 553. The van der Waals surface area contributed by atoms with Crippen LogP contribution in [0.4, 0.5) is 0 Å². The predicted molar refractivity (Wildman–Crippen MR) is 79.8 cm³/mol. The Kier molecular flexibility index (Phi) is 3.20. The number of H-pyrrole nitrogens is 1. The van der Waals surface area contributed by atoms with Crippen molar-refractivity contribution in [3.63, 3.8) is 0 Å². The summed E-state index contributed by atoms with van der Waals surface area (Å²) < 4.78 is 1.14.